The molecule has 0 aliphatic heterocycles. The van der Waals surface area contributed by atoms with Crippen LogP contribution in [0.3, 0.4) is 0 Å². The van der Waals surface area contributed by atoms with Gasteiger partial charge in [-0.05, 0) is 17.6 Å². The third-order valence-corrected chi connectivity index (χ3v) is 1.78. The van der Waals surface area contributed by atoms with Crippen LogP contribution in [0, 0.1) is 0 Å². The van der Waals surface area contributed by atoms with Crippen LogP contribution in [0.4, 0.5) is 0 Å². The molecule has 0 atom stereocenters. The number of hydrogen-bond donors (Lipinski definition) is 1. The summed E-state index contributed by atoms with van der Waals surface area (Å²) in [5, 5.41) is 11.4. The second-order valence-corrected chi connectivity index (χ2v) is 2.73. The molecule has 0 aliphatic rings. The summed E-state index contributed by atoms with van der Waals surface area (Å²) in [4.78, 5) is 0. The Labute approximate surface area is 78.2 Å². The van der Waals surface area contributed by atoms with Crippen molar-refractivity contribution in [2.45, 2.75) is 13.3 Å². The quantitative estimate of drug-likeness (QED) is 0.427. The molecule has 0 amide bonds. The molecule has 0 aliphatic carbocycles. The highest BCUT2D eigenvalue weighted by atomic mass is 16.4. The zero-order chi connectivity index (χ0) is 9.52. The molecule has 0 aromatic heterocycles. The van der Waals surface area contributed by atoms with Gasteiger partial charge in [0, 0.05) is 0 Å². The number of nitrogens with zero attached hydrogens (tertiary/aromatic N) is 1. The van der Waals surface area contributed by atoms with Gasteiger partial charge in [-0.2, -0.15) is 0 Å². The summed E-state index contributed by atoms with van der Waals surface area (Å²) < 4.78 is 0. The number of oxime groups is 1. The summed E-state index contributed by atoms with van der Waals surface area (Å²) in [7, 11) is 0. The molecule has 1 rings (SSSR count). The Morgan fingerprint density at radius 2 is 2.08 bits per heavy atom. The Balaban J connectivity index is 2.85. The first-order chi connectivity index (χ1) is 6.36. The lowest BCUT2D eigenvalue weighted by Gasteiger charge is -1.96. The maximum Gasteiger partial charge on any atom is 0.0693 e. The van der Waals surface area contributed by atoms with Crippen molar-refractivity contribution >= 4 is 12.3 Å². The molecule has 0 heterocycles. The van der Waals surface area contributed by atoms with E-state index in [9.17, 15) is 0 Å². The zero-order valence-electron chi connectivity index (χ0n) is 7.64. The van der Waals surface area contributed by atoms with Crippen molar-refractivity contribution in [3.63, 3.8) is 0 Å². The Morgan fingerprint density at radius 3 is 2.62 bits per heavy atom. The molecule has 1 aromatic rings. The fourth-order valence-corrected chi connectivity index (χ4v) is 1.07. The molecule has 1 N–H and O–H groups in total. The first-order valence-corrected chi connectivity index (χ1v) is 4.30. The molecular weight excluding hydrogens is 162 g/mol. The van der Waals surface area contributed by atoms with E-state index in [1.54, 1.807) is 0 Å². The van der Waals surface area contributed by atoms with Gasteiger partial charge in [0.1, 0.15) is 0 Å². The average molecular weight is 175 g/mol. The molecule has 2 heteroatoms. The first kappa shape index (κ1) is 9.52. The number of rotatable bonds is 3. The van der Waals surface area contributed by atoms with Crippen LogP contribution < -0.4 is 0 Å². The molecule has 68 valence electrons. The van der Waals surface area contributed by atoms with E-state index >= 15 is 0 Å². The van der Waals surface area contributed by atoms with Crippen molar-refractivity contribution in [1.29, 1.82) is 0 Å². The van der Waals surface area contributed by atoms with Gasteiger partial charge in [-0.15, -0.1) is 0 Å². The topological polar surface area (TPSA) is 32.6 Å². The molecule has 0 saturated heterocycles. The standard InChI is InChI=1S/C11H13NO/c1-2-10(9-12-13)8-11-6-4-3-5-7-11/h3-9,13H,2H2,1H3/b10-8-,12-9-. The predicted octanol–water partition coefficient (Wildman–Crippen LogP) is 2.94. The van der Waals surface area contributed by atoms with Crippen molar-refractivity contribution in [3.8, 4) is 0 Å². The van der Waals surface area contributed by atoms with E-state index in [1.165, 1.54) is 6.21 Å². The van der Waals surface area contributed by atoms with Crippen LogP contribution in [0.25, 0.3) is 6.08 Å². The van der Waals surface area contributed by atoms with Gasteiger partial charge < -0.3 is 5.21 Å². The van der Waals surface area contributed by atoms with Crippen molar-refractivity contribution in [2.75, 3.05) is 0 Å². The number of allylic oxidation sites excluding steroid dienone is 1. The second kappa shape index (κ2) is 5.14. The largest absolute Gasteiger partial charge is 0.411 e. The number of hydrogen-bond acceptors (Lipinski definition) is 2. The van der Waals surface area contributed by atoms with Crippen LogP contribution >= 0.6 is 0 Å². The van der Waals surface area contributed by atoms with Gasteiger partial charge in [-0.3, -0.25) is 0 Å². The summed E-state index contributed by atoms with van der Waals surface area (Å²) in [6, 6.07) is 9.97. The van der Waals surface area contributed by atoms with E-state index in [0.717, 1.165) is 17.6 Å². The Kier molecular flexibility index (Phi) is 3.76. The minimum absolute atomic E-state index is 0.860. The van der Waals surface area contributed by atoms with Gasteiger partial charge in [-0.25, -0.2) is 0 Å². The van der Waals surface area contributed by atoms with Gasteiger partial charge in [0.15, 0.2) is 0 Å². The highest BCUT2D eigenvalue weighted by Crippen LogP contribution is 2.07. The van der Waals surface area contributed by atoms with Crippen molar-refractivity contribution < 1.29 is 5.21 Å². The Morgan fingerprint density at radius 1 is 1.38 bits per heavy atom. The first-order valence-electron chi connectivity index (χ1n) is 4.30. The van der Waals surface area contributed by atoms with Crippen molar-refractivity contribution in [2.24, 2.45) is 5.16 Å². The third kappa shape index (κ3) is 3.11. The van der Waals surface area contributed by atoms with Crippen LogP contribution in [0.15, 0.2) is 41.1 Å². The van der Waals surface area contributed by atoms with Gasteiger partial charge in [-0.1, -0.05) is 48.5 Å². The highest BCUT2D eigenvalue weighted by Gasteiger charge is 1.90. The maximum atomic E-state index is 8.37. The van der Waals surface area contributed by atoms with E-state index in [0.29, 0.717) is 0 Å². The smallest absolute Gasteiger partial charge is 0.0693 e. The van der Waals surface area contributed by atoms with Gasteiger partial charge in [0.05, 0.1) is 6.21 Å². The average Bonchev–Trinajstić information content (AvgIpc) is 2.19. The molecule has 0 unspecified atom stereocenters. The lowest BCUT2D eigenvalue weighted by atomic mass is 10.1. The second-order valence-electron chi connectivity index (χ2n) is 2.73. The van der Waals surface area contributed by atoms with Crippen LogP contribution in [-0.4, -0.2) is 11.4 Å². The van der Waals surface area contributed by atoms with Gasteiger partial charge in [0.25, 0.3) is 0 Å². The van der Waals surface area contributed by atoms with Crippen molar-refractivity contribution in [1.82, 2.24) is 0 Å². The summed E-state index contributed by atoms with van der Waals surface area (Å²) in [5.74, 6) is 0. The summed E-state index contributed by atoms with van der Waals surface area (Å²) >= 11 is 0. The van der Waals surface area contributed by atoms with E-state index in [2.05, 4.69) is 5.16 Å². The predicted molar refractivity (Wildman–Crippen MR) is 55.0 cm³/mol. The fourth-order valence-electron chi connectivity index (χ4n) is 1.07. The van der Waals surface area contributed by atoms with Crippen molar-refractivity contribution in [3.05, 3.63) is 41.5 Å². The van der Waals surface area contributed by atoms with Crippen LogP contribution in [-0.2, 0) is 0 Å². The monoisotopic (exact) mass is 175 g/mol. The Bertz CT molecular complexity index is 301. The minimum atomic E-state index is 0.860. The molecule has 0 spiro atoms. The zero-order valence-corrected chi connectivity index (χ0v) is 7.64. The van der Waals surface area contributed by atoms with E-state index in [4.69, 9.17) is 5.21 Å². The third-order valence-electron chi connectivity index (χ3n) is 1.78. The van der Waals surface area contributed by atoms with Gasteiger partial charge in [0.2, 0.25) is 0 Å². The van der Waals surface area contributed by atoms with E-state index < -0.39 is 0 Å². The molecule has 0 saturated carbocycles. The summed E-state index contributed by atoms with van der Waals surface area (Å²) in [6.45, 7) is 2.02. The fraction of sp³-hybridized carbons (Fsp3) is 0.182. The molecular formula is C11H13NO. The van der Waals surface area contributed by atoms with Crippen LogP contribution in [0.1, 0.15) is 18.9 Å². The normalized spacial score (nSPS) is 12.2. The van der Waals surface area contributed by atoms with E-state index in [-0.39, 0.29) is 0 Å². The molecule has 0 fully saturated rings. The molecule has 2 nitrogen and oxygen atoms in total. The minimum Gasteiger partial charge on any atom is -0.411 e. The maximum absolute atomic E-state index is 8.37. The van der Waals surface area contributed by atoms with Crippen LogP contribution in [0.2, 0.25) is 0 Å². The van der Waals surface area contributed by atoms with Gasteiger partial charge >= 0.3 is 0 Å². The summed E-state index contributed by atoms with van der Waals surface area (Å²) in [6.07, 6.45) is 4.33. The highest BCUT2D eigenvalue weighted by molar-refractivity contribution is 5.84. The lowest BCUT2D eigenvalue weighted by molar-refractivity contribution is 0.321. The lowest BCUT2D eigenvalue weighted by Crippen LogP contribution is -1.82. The number of benzene rings is 1. The molecule has 0 radical (unpaired) electrons. The molecule has 0 bridgehead atoms. The summed E-state index contributed by atoms with van der Waals surface area (Å²) in [5.41, 5.74) is 2.13. The van der Waals surface area contributed by atoms with Crippen LogP contribution in [0.5, 0.6) is 0 Å². The van der Waals surface area contributed by atoms with E-state index in [1.807, 2.05) is 43.3 Å². The molecule has 13 heavy (non-hydrogen) atoms. The SMILES string of the molecule is CCC(/C=N\O)=C/c1ccccc1. The molecule has 1 aromatic carbocycles. The Hall–Kier alpha value is -1.57.